The van der Waals surface area contributed by atoms with Gasteiger partial charge in [0.05, 0.1) is 35.3 Å². The first-order valence-electron chi connectivity index (χ1n) is 8.41. The van der Waals surface area contributed by atoms with Gasteiger partial charge in [-0.25, -0.2) is 4.79 Å². The Morgan fingerprint density at radius 3 is 2.47 bits per heavy atom. The number of amides is 2. The van der Waals surface area contributed by atoms with Crippen molar-refractivity contribution in [3.63, 3.8) is 0 Å². The number of alkyl halides is 3. The smallest absolute Gasteiger partial charge is 0.418 e. The van der Waals surface area contributed by atoms with Crippen LogP contribution in [0.25, 0.3) is 11.3 Å². The van der Waals surface area contributed by atoms with Crippen molar-refractivity contribution in [2.24, 2.45) is 7.05 Å². The standard InChI is InChI=1S/C19H15Cl2F3N4O2/c1-28-17(14(21)9-25-28)12-8-11(4-6-16(12)30-2)26-18(29)27-15-5-3-10(20)7-13(15)19(22,23)24/h3-9H,1-2H3,(H2,26,27,29). The lowest BCUT2D eigenvalue weighted by Crippen LogP contribution is -2.22. The summed E-state index contributed by atoms with van der Waals surface area (Å²) in [7, 11) is 3.16. The summed E-state index contributed by atoms with van der Waals surface area (Å²) in [5.74, 6) is 0.475. The maximum absolute atomic E-state index is 13.2. The lowest BCUT2D eigenvalue weighted by atomic mass is 10.1. The number of nitrogens with zero attached hydrogens (tertiary/aromatic N) is 2. The average Bonchev–Trinajstić information content (AvgIpc) is 3.00. The third kappa shape index (κ3) is 4.63. The molecular weight excluding hydrogens is 444 g/mol. The number of ether oxygens (including phenoxy) is 1. The van der Waals surface area contributed by atoms with Gasteiger partial charge in [-0.05, 0) is 36.4 Å². The topological polar surface area (TPSA) is 68.2 Å². The fourth-order valence-corrected chi connectivity index (χ4v) is 3.27. The molecule has 11 heteroatoms. The Bertz CT molecular complexity index is 1080. The molecule has 2 amide bonds. The van der Waals surface area contributed by atoms with Crippen LogP contribution < -0.4 is 15.4 Å². The zero-order valence-electron chi connectivity index (χ0n) is 15.6. The molecule has 1 aromatic heterocycles. The summed E-state index contributed by atoms with van der Waals surface area (Å²) in [6.45, 7) is 0. The first-order valence-corrected chi connectivity index (χ1v) is 9.16. The Hall–Kier alpha value is -2.91. The predicted molar refractivity (Wildman–Crippen MR) is 109 cm³/mol. The number of hydrogen-bond acceptors (Lipinski definition) is 3. The minimum Gasteiger partial charge on any atom is -0.496 e. The molecule has 6 nitrogen and oxygen atoms in total. The SMILES string of the molecule is COc1ccc(NC(=O)Nc2ccc(Cl)cc2C(F)(F)F)cc1-c1c(Cl)cnn1C. The van der Waals surface area contributed by atoms with Crippen molar-refractivity contribution < 1.29 is 22.7 Å². The number of anilines is 2. The fraction of sp³-hybridized carbons (Fsp3) is 0.158. The van der Waals surface area contributed by atoms with E-state index in [-0.39, 0.29) is 5.02 Å². The summed E-state index contributed by atoms with van der Waals surface area (Å²) in [4.78, 5) is 12.3. The van der Waals surface area contributed by atoms with E-state index >= 15 is 0 Å². The maximum Gasteiger partial charge on any atom is 0.418 e. The van der Waals surface area contributed by atoms with E-state index < -0.39 is 23.5 Å². The highest BCUT2D eigenvalue weighted by Crippen LogP contribution is 2.38. The summed E-state index contributed by atoms with van der Waals surface area (Å²) < 4.78 is 46.5. The summed E-state index contributed by atoms with van der Waals surface area (Å²) in [6, 6.07) is 6.93. The molecule has 0 fully saturated rings. The average molecular weight is 459 g/mol. The first kappa shape index (κ1) is 21.8. The molecule has 0 atom stereocenters. The van der Waals surface area contributed by atoms with Gasteiger partial charge in [-0.2, -0.15) is 18.3 Å². The normalized spacial score (nSPS) is 11.3. The third-order valence-electron chi connectivity index (χ3n) is 4.14. The van der Waals surface area contributed by atoms with E-state index in [0.717, 1.165) is 12.1 Å². The molecule has 2 N–H and O–H groups in total. The molecule has 0 saturated carbocycles. The number of methoxy groups -OCH3 is 1. The van der Waals surface area contributed by atoms with E-state index in [1.165, 1.54) is 24.1 Å². The highest BCUT2D eigenvalue weighted by Gasteiger charge is 2.34. The summed E-state index contributed by atoms with van der Waals surface area (Å²) in [6.07, 6.45) is -3.22. The second kappa shape index (κ2) is 8.45. The van der Waals surface area contributed by atoms with Crippen LogP contribution in [0.4, 0.5) is 29.3 Å². The molecule has 0 saturated heterocycles. The zero-order chi connectivity index (χ0) is 22.1. The monoisotopic (exact) mass is 458 g/mol. The molecule has 0 spiro atoms. The molecule has 3 aromatic rings. The number of aryl methyl sites for hydroxylation is 1. The van der Waals surface area contributed by atoms with Crippen LogP contribution in [0.5, 0.6) is 5.75 Å². The molecule has 158 valence electrons. The zero-order valence-corrected chi connectivity index (χ0v) is 17.2. The van der Waals surface area contributed by atoms with Gasteiger partial charge in [-0.1, -0.05) is 23.2 Å². The number of rotatable bonds is 4. The molecule has 3 rings (SSSR count). The molecular formula is C19H15Cl2F3N4O2. The Balaban J connectivity index is 1.88. The van der Waals surface area contributed by atoms with Gasteiger partial charge in [0.1, 0.15) is 5.75 Å². The van der Waals surface area contributed by atoms with Gasteiger partial charge < -0.3 is 15.4 Å². The third-order valence-corrected chi connectivity index (χ3v) is 4.65. The van der Waals surface area contributed by atoms with E-state index in [4.69, 9.17) is 27.9 Å². The molecule has 2 aromatic carbocycles. The lowest BCUT2D eigenvalue weighted by molar-refractivity contribution is -0.136. The van der Waals surface area contributed by atoms with Crippen LogP contribution in [-0.4, -0.2) is 22.9 Å². The Kier molecular flexibility index (Phi) is 6.14. The predicted octanol–water partition coefficient (Wildman–Crippen LogP) is 6.07. The number of carbonyl (C=O) groups is 1. The molecule has 0 radical (unpaired) electrons. The summed E-state index contributed by atoms with van der Waals surface area (Å²) >= 11 is 11.8. The molecule has 0 unspecified atom stereocenters. The van der Waals surface area contributed by atoms with Crippen molar-refractivity contribution in [3.05, 3.63) is 58.2 Å². The number of carbonyl (C=O) groups excluding carboxylic acids is 1. The van der Waals surface area contributed by atoms with E-state index in [1.807, 2.05) is 0 Å². The number of urea groups is 1. The van der Waals surface area contributed by atoms with Crippen LogP contribution >= 0.6 is 23.2 Å². The van der Waals surface area contributed by atoms with Gasteiger partial charge in [-0.3, -0.25) is 4.68 Å². The van der Waals surface area contributed by atoms with E-state index in [1.54, 1.807) is 25.2 Å². The van der Waals surface area contributed by atoms with Crippen molar-refractivity contribution in [3.8, 4) is 17.0 Å². The van der Waals surface area contributed by atoms with Crippen molar-refractivity contribution >= 4 is 40.6 Å². The van der Waals surface area contributed by atoms with E-state index in [0.29, 0.717) is 27.7 Å². The summed E-state index contributed by atoms with van der Waals surface area (Å²) in [5.41, 5.74) is -0.0736. The molecule has 1 heterocycles. The fourth-order valence-electron chi connectivity index (χ4n) is 2.83. The van der Waals surface area contributed by atoms with Crippen molar-refractivity contribution in [2.75, 3.05) is 17.7 Å². The van der Waals surface area contributed by atoms with E-state index in [2.05, 4.69) is 15.7 Å². The van der Waals surface area contributed by atoms with Crippen LogP contribution in [-0.2, 0) is 13.2 Å². The quantitative estimate of drug-likeness (QED) is 0.498. The van der Waals surface area contributed by atoms with Crippen LogP contribution in [0.1, 0.15) is 5.56 Å². The number of halogens is 5. The molecule has 30 heavy (non-hydrogen) atoms. The highest BCUT2D eigenvalue weighted by atomic mass is 35.5. The van der Waals surface area contributed by atoms with E-state index in [9.17, 15) is 18.0 Å². The number of nitrogens with one attached hydrogen (secondary N) is 2. The highest BCUT2D eigenvalue weighted by molar-refractivity contribution is 6.33. The lowest BCUT2D eigenvalue weighted by Gasteiger charge is -2.16. The number of aromatic nitrogens is 2. The largest absolute Gasteiger partial charge is 0.496 e. The minimum atomic E-state index is -4.68. The van der Waals surface area contributed by atoms with Gasteiger partial charge in [0.25, 0.3) is 0 Å². The van der Waals surface area contributed by atoms with Gasteiger partial charge >= 0.3 is 12.2 Å². The van der Waals surface area contributed by atoms with Crippen LogP contribution in [0.3, 0.4) is 0 Å². The molecule has 0 bridgehead atoms. The van der Waals surface area contributed by atoms with Gasteiger partial charge in [0.2, 0.25) is 0 Å². The number of hydrogen-bond donors (Lipinski definition) is 2. The molecule has 0 aliphatic carbocycles. The summed E-state index contributed by atoms with van der Waals surface area (Å²) in [5, 5.41) is 9.03. The van der Waals surface area contributed by atoms with Gasteiger partial charge in [0, 0.05) is 23.3 Å². The second-order valence-corrected chi connectivity index (χ2v) is 6.99. The van der Waals surface area contributed by atoms with Crippen LogP contribution in [0.15, 0.2) is 42.6 Å². The maximum atomic E-state index is 13.2. The van der Waals surface area contributed by atoms with Crippen molar-refractivity contribution in [2.45, 2.75) is 6.18 Å². The number of benzene rings is 2. The van der Waals surface area contributed by atoms with Crippen LogP contribution in [0.2, 0.25) is 10.0 Å². The molecule has 0 aliphatic rings. The van der Waals surface area contributed by atoms with Crippen molar-refractivity contribution in [1.29, 1.82) is 0 Å². The molecule has 0 aliphatic heterocycles. The Labute approximate surface area is 179 Å². The van der Waals surface area contributed by atoms with Crippen LogP contribution in [0, 0.1) is 0 Å². The first-order chi connectivity index (χ1) is 14.1. The van der Waals surface area contributed by atoms with Gasteiger partial charge in [-0.15, -0.1) is 0 Å². The Morgan fingerprint density at radius 2 is 1.87 bits per heavy atom. The Morgan fingerprint density at radius 1 is 1.13 bits per heavy atom. The van der Waals surface area contributed by atoms with Gasteiger partial charge in [0.15, 0.2) is 0 Å². The van der Waals surface area contributed by atoms with Crippen molar-refractivity contribution in [1.82, 2.24) is 9.78 Å². The minimum absolute atomic E-state index is 0.0962. The second-order valence-electron chi connectivity index (χ2n) is 6.15.